The van der Waals surface area contributed by atoms with Gasteiger partial charge in [0.05, 0.1) is 6.54 Å². The molecule has 0 unspecified atom stereocenters. The van der Waals surface area contributed by atoms with Crippen LogP contribution in [0.4, 0.5) is 0 Å². The number of hydrogen-bond acceptors (Lipinski definition) is 4. The van der Waals surface area contributed by atoms with Crippen LogP contribution in [0.2, 0.25) is 0 Å². The van der Waals surface area contributed by atoms with Crippen molar-refractivity contribution >= 4 is 15.8 Å². The van der Waals surface area contributed by atoms with Crippen LogP contribution in [0.25, 0.3) is 0 Å². The number of likely N-dealkylation sites (tertiary alicyclic amines) is 1. The first-order valence-electron chi connectivity index (χ1n) is 3.63. The zero-order chi connectivity index (χ0) is 9.35. The first-order chi connectivity index (χ1) is 5.39. The summed E-state index contributed by atoms with van der Waals surface area (Å²) >= 11 is 0. The van der Waals surface area contributed by atoms with E-state index in [0.717, 1.165) is 0 Å². The second-order valence-electron chi connectivity index (χ2n) is 3.11. The molecule has 2 N–H and O–H groups in total. The SMILES string of the molecule is CC(=O)CN1CC(S(N)(=O)=O)C1. The van der Waals surface area contributed by atoms with Crippen molar-refractivity contribution in [2.24, 2.45) is 5.14 Å². The van der Waals surface area contributed by atoms with Gasteiger partial charge in [-0.25, -0.2) is 13.6 Å². The fourth-order valence-electron chi connectivity index (χ4n) is 1.17. The zero-order valence-corrected chi connectivity index (χ0v) is 7.67. The minimum Gasteiger partial charge on any atom is -0.299 e. The molecular weight excluding hydrogens is 180 g/mol. The topological polar surface area (TPSA) is 80.5 Å². The largest absolute Gasteiger partial charge is 0.299 e. The van der Waals surface area contributed by atoms with Crippen LogP contribution in [0.3, 0.4) is 0 Å². The number of nitrogens with two attached hydrogens (primary N) is 1. The van der Waals surface area contributed by atoms with Crippen LogP contribution in [0.5, 0.6) is 0 Å². The van der Waals surface area contributed by atoms with E-state index in [-0.39, 0.29) is 5.78 Å². The number of primary sulfonamides is 1. The molecule has 1 rings (SSSR count). The third-order valence-electron chi connectivity index (χ3n) is 1.83. The summed E-state index contributed by atoms with van der Waals surface area (Å²) in [6.07, 6.45) is 0. The van der Waals surface area contributed by atoms with Gasteiger partial charge in [0, 0.05) is 13.1 Å². The van der Waals surface area contributed by atoms with Crippen LogP contribution in [-0.4, -0.2) is 44.0 Å². The van der Waals surface area contributed by atoms with E-state index in [1.807, 2.05) is 0 Å². The van der Waals surface area contributed by atoms with Crippen molar-refractivity contribution in [2.45, 2.75) is 12.2 Å². The number of ketones is 1. The maximum absolute atomic E-state index is 10.7. The van der Waals surface area contributed by atoms with E-state index >= 15 is 0 Å². The van der Waals surface area contributed by atoms with Gasteiger partial charge in [-0.2, -0.15) is 0 Å². The molecule has 6 heteroatoms. The van der Waals surface area contributed by atoms with Gasteiger partial charge >= 0.3 is 0 Å². The van der Waals surface area contributed by atoms with E-state index in [4.69, 9.17) is 5.14 Å². The number of sulfonamides is 1. The number of rotatable bonds is 3. The molecule has 1 fully saturated rings. The van der Waals surface area contributed by atoms with Gasteiger partial charge in [0.2, 0.25) is 10.0 Å². The summed E-state index contributed by atoms with van der Waals surface area (Å²) in [6, 6.07) is 0. The van der Waals surface area contributed by atoms with E-state index in [9.17, 15) is 13.2 Å². The van der Waals surface area contributed by atoms with Crippen LogP contribution in [0.15, 0.2) is 0 Å². The fraction of sp³-hybridized carbons (Fsp3) is 0.833. The van der Waals surface area contributed by atoms with Crippen molar-refractivity contribution in [2.75, 3.05) is 19.6 Å². The van der Waals surface area contributed by atoms with Gasteiger partial charge in [-0.1, -0.05) is 0 Å². The van der Waals surface area contributed by atoms with Gasteiger partial charge in [0.1, 0.15) is 11.0 Å². The van der Waals surface area contributed by atoms with E-state index < -0.39 is 15.3 Å². The molecule has 0 aromatic heterocycles. The van der Waals surface area contributed by atoms with Crippen LogP contribution in [0, 0.1) is 0 Å². The smallest absolute Gasteiger partial charge is 0.214 e. The molecule has 0 radical (unpaired) electrons. The Morgan fingerprint density at radius 2 is 2.08 bits per heavy atom. The van der Waals surface area contributed by atoms with Crippen LogP contribution in [0.1, 0.15) is 6.92 Å². The number of Topliss-reactive ketones (excluding diaryl/α,β-unsaturated/α-hetero) is 1. The van der Waals surface area contributed by atoms with Gasteiger partial charge in [0.15, 0.2) is 0 Å². The highest BCUT2D eigenvalue weighted by Crippen LogP contribution is 2.12. The number of nitrogens with zero attached hydrogens (tertiary/aromatic N) is 1. The Bertz CT molecular complexity index is 279. The predicted octanol–water partition coefficient (Wildman–Crippen LogP) is -1.45. The molecule has 1 heterocycles. The first-order valence-corrected chi connectivity index (χ1v) is 5.24. The molecule has 0 atom stereocenters. The second-order valence-corrected chi connectivity index (χ2v) is 4.95. The first kappa shape index (κ1) is 9.63. The molecule has 0 aromatic rings. The molecule has 5 nitrogen and oxygen atoms in total. The quantitative estimate of drug-likeness (QED) is 0.593. The summed E-state index contributed by atoms with van der Waals surface area (Å²) < 4.78 is 21.4. The summed E-state index contributed by atoms with van der Waals surface area (Å²) in [5.74, 6) is 0.0443. The van der Waals surface area contributed by atoms with Crippen molar-refractivity contribution in [1.29, 1.82) is 0 Å². The lowest BCUT2D eigenvalue weighted by molar-refractivity contribution is -0.118. The van der Waals surface area contributed by atoms with E-state index in [1.165, 1.54) is 6.92 Å². The third-order valence-corrected chi connectivity index (χ3v) is 3.06. The lowest BCUT2D eigenvalue weighted by atomic mass is 10.2. The molecule has 70 valence electrons. The molecule has 1 aliphatic rings. The van der Waals surface area contributed by atoms with Crippen molar-refractivity contribution in [1.82, 2.24) is 4.90 Å². The Labute approximate surface area is 71.6 Å². The highest BCUT2D eigenvalue weighted by atomic mass is 32.2. The summed E-state index contributed by atoms with van der Waals surface area (Å²) in [5.41, 5.74) is 0. The van der Waals surface area contributed by atoms with Gasteiger partial charge in [-0.15, -0.1) is 0 Å². The molecule has 1 aliphatic heterocycles. The monoisotopic (exact) mass is 192 g/mol. The summed E-state index contributed by atoms with van der Waals surface area (Å²) in [6.45, 7) is 2.58. The van der Waals surface area contributed by atoms with Crippen molar-refractivity contribution < 1.29 is 13.2 Å². The maximum atomic E-state index is 10.7. The van der Waals surface area contributed by atoms with Gasteiger partial charge in [-0.05, 0) is 6.92 Å². The van der Waals surface area contributed by atoms with Gasteiger partial charge < -0.3 is 0 Å². The summed E-state index contributed by atoms with van der Waals surface area (Å²) in [7, 11) is -3.39. The van der Waals surface area contributed by atoms with E-state index in [1.54, 1.807) is 4.90 Å². The maximum Gasteiger partial charge on any atom is 0.214 e. The van der Waals surface area contributed by atoms with Crippen LogP contribution in [-0.2, 0) is 14.8 Å². The molecule has 1 saturated heterocycles. The highest BCUT2D eigenvalue weighted by molar-refractivity contribution is 7.89. The molecule has 12 heavy (non-hydrogen) atoms. The molecule has 0 spiro atoms. The van der Waals surface area contributed by atoms with Crippen LogP contribution >= 0.6 is 0 Å². The van der Waals surface area contributed by atoms with Crippen LogP contribution < -0.4 is 5.14 Å². The number of carbonyl (C=O) groups is 1. The lowest BCUT2D eigenvalue weighted by Gasteiger charge is -2.36. The average Bonchev–Trinajstić information content (AvgIpc) is 1.73. The van der Waals surface area contributed by atoms with Crippen molar-refractivity contribution in [3.05, 3.63) is 0 Å². The normalized spacial score (nSPS) is 20.5. The molecule has 0 amide bonds. The van der Waals surface area contributed by atoms with Crippen molar-refractivity contribution in [3.63, 3.8) is 0 Å². The van der Waals surface area contributed by atoms with E-state index in [0.29, 0.717) is 19.6 Å². The molecule has 0 saturated carbocycles. The van der Waals surface area contributed by atoms with E-state index in [2.05, 4.69) is 0 Å². The molecular formula is C6H12N2O3S. The zero-order valence-electron chi connectivity index (χ0n) is 6.86. The standard InChI is InChI=1S/C6H12N2O3S/c1-5(9)2-8-3-6(4-8)12(7,10)11/h6H,2-4H2,1H3,(H2,7,10,11). The fourth-order valence-corrected chi connectivity index (χ4v) is 2.01. The lowest BCUT2D eigenvalue weighted by Crippen LogP contribution is -2.57. The Hall–Kier alpha value is -0.460. The predicted molar refractivity (Wildman–Crippen MR) is 44.0 cm³/mol. The second kappa shape index (κ2) is 3.12. The highest BCUT2D eigenvalue weighted by Gasteiger charge is 2.35. The Morgan fingerprint density at radius 1 is 1.58 bits per heavy atom. The number of hydrogen-bond donors (Lipinski definition) is 1. The van der Waals surface area contributed by atoms with Gasteiger partial charge in [0.25, 0.3) is 0 Å². The summed E-state index contributed by atoms with van der Waals surface area (Å²) in [4.78, 5) is 12.3. The minimum absolute atomic E-state index is 0.0443. The molecule has 0 aliphatic carbocycles. The van der Waals surface area contributed by atoms with Crippen molar-refractivity contribution in [3.8, 4) is 0 Å². The average molecular weight is 192 g/mol. The Morgan fingerprint density at radius 3 is 2.42 bits per heavy atom. The minimum atomic E-state index is -3.39. The van der Waals surface area contributed by atoms with Gasteiger partial charge in [-0.3, -0.25) is 9.69 Å². The number of carbonyl (C=O) groups excluding carboxylic acids is 1. The third kappa shape index (κ3) is 2.26. The molecule has 0 bridgehead atoms. The molecule has 0 aromatic carbocycles. The Kier molecular flexibility index (Phi) is 2.50. The summed E-state index contributed by atoms with van der Waals surface area (Å²) in [5, 5.41) is 4.42. The Balaban J connectivity index is 2.34.